The van der Waals surface area contributed by atoms with E-state index in [0.717, 1.165) is 28.6 Å². The third kappa shape index (κ3) is 3.64. The van der Waals surface area contributed by atoms with Crippen molar-refractivity contribution >= 4 is 57.3 Å². The topological polar surface area (TPSA) is 77.9 Å². The maximum atomic E-state index is 13.4. The number of carbonyl (C=O) groups excluding carboxylic acids is 2. The van der Waals surface area contributed by atoms with Crippen molar-refractivity contribution in [3.05, 3.63) is 70.1 Å². The Morgan fingerprint density at radius 2 is 1.73 bits per heavy atom. The molecule has 2 aliphatic heterocycles. The molecule has 2 aromatic carbocycles. The molecule has 2 heterocycles. The highest BCUT2D eigenvalue weighted by Gasteiger charge is 2.41. The molecule has 0 aliphatic carbocycles. The molecule has 0 atom stereocenters. The average Bonchev–Trinajstić information content (AvgIpc) is 3.15. The number of anilines is 1. The lowest BCUT2D eigenvalue weighted by molar-refractivity contribution is -0.137. The first-order valence-corrected chi connectivity index (χ1v) is 10.6. The fraction of sp³-hybridized carbons (Fsp3) is 0.182. The van der Waals surface area contributed by atoms with E-state index in [0.29, 0.717) is 17.7 Å². The molecular weight excluding hydrogens is 420 g/mol. The summed E-state index contributed by atoms with van der Waals surface area (Å²) in [7, 11) is 0. The number of thioether (sulfide) groups is 1. The summed E-state index contributed by atoms with van der Waals surface area (Å²) in [6.45, 7) is 2.38. The number of carboxylic acids is 1. The van der Waals surface area contributed by atoms with Crippen LogP contribution in [0.2, 0.25) is 0 Å². The number of fused-ring (bicyclic) bond motifs is 1. The Morgan fingerprint density at radius 3 is 2.43 bits per heavy atom. The number of carbonyl (C=O) groups is 3. The highest BCUT2D eigenvalue weighted by molar-refractivity contribution is 8.26. The van der Waals surface area contributed by atoms with Gasteiger partial charge < -0.3 is 10.0 Å². The van der Waals surface area contributed by atoms with Gasteiger partial charge in [0.1, 0.15) is 4.32 Å². The van der Waals surface area contributed by atoms with Crippen LogP contribution in [0.1, 0.15) is 23.1 Å². The van der Waals surface area contributed by atoms with Gasteiger partial charge in [-0.15, -0.1) is 0 Å². The van der Waals surface area contributed by atoms with Gasteiger partial charge in [-0.25, -0.2) is 0 Å². The Kier molecular flexibility index (Phi) is 5.44. The zero-order chi connectivity index (χ0) is 21.4. The summed E-state index contributed by atoms with van der Waals surface area (Å²) in [5.74, 6) is -1.68. The molecule has 0 saturated carbocycles. The maximum absolute atomic E-state index is 13.4. The van der Waals surface area contributed by atoms with E-state index in [4.69, 9.17) is 17.3 Å². The first kappa shape index (κ1) is 20.3. The molecule has 0 radical (unpaired) electrons. The van der Waals surface area contributed by atoms with Gasteiger partial charge in [-0.3, -0.25) is 19.3 Å². The number of carboxylic acid groups (broad SMARTS) is 1. The largest absolute Gasteiger partial charge is 0.481 e. The quantitative estimate of drug-likeness (QED) is 0.568. The van der Waals surface area contributed by atoms with Crippen LogP contribution in [0.25, 0.3) is 5.57 Å². The molecule has 6 nitrogen and oxygen atoms in total. The molecule has 4 rings (SSSR count). The molecule has 152 valence electrons. The monoisotopic (exact) mass is 438 g/mol. The first-order chi connectivity index (χ1) is 14.4. The Morgan fingerprint density at radius 1 is 1.03 bits per heavy atom. The van der Waals surface area contributed by atoms with Crippen molar-refractivity contribution in [3.63, 3.8) is 0 Å². The highest BCUT2D eigenvalue weighted by atomic mass is 32.2. The summed E-state index contributed by atoms with van der Waals surface area (Å²) in [6.07, 6.45) is -0.209. The van der Waals surface area contributed by atoms with E-state index in [2.05, 4.69) is 0 Å². The summed E-state index contributed by atoms with van der Waals surface area (Å²) in [6, 6.07) is 15.3. The van der Waals surface area contributed by atoms with Crippen molar-refractivity contribution in [1.29, 1.82) is 0 Å². The highest BCUT2D eigenvalue weighted by Crippen LogP contribution is 2.45. The van der Waals surface area contributed by atoms with Crippen molar-refractivity contribution in [2.24, 2.45) is 0 Å². The SMILES string of the molecule is Cc1ccc(CN2C(=O)/C(=C3\SC(=S)N(CCC(=O)O)C3=O)c3ccccc32)cc1. The molecule has 30 heavy (non-hydrogen) atoms. The van der Waals surface area contributed by atoms with E-state index >= 15 is 0 Å². The van der Waals surface area contributed by atoms with Crippen LogP contribution in [0.5, 0.6) is 0 Å². The zero-order valence-electron chi connectivity index (χ0n) is 16.1. The molecule has 2 aromatic rings. The molecule has 0 unspecified atom stereocenters. The molecule has 1 N–H and O–H groups in total. The van der Waals surface area contributed by atoms with E-state index in [-0.39, 0.29) is 28.1 Å². The van der Waals surface area contributed by atoms with Gasteiger partial charge in [-0.05, 0) is 18.6 Å². The van der Waals surface area contributed by atoms with Gasteiger partial charge in [-0.1, -0.05) is 72.0 Å². The fourth-order valence-corrected chi connectivity index (χ4v) is 4.86. The van der Waals surface area contributed by atoms with Crippen LogP contribution in [0.15, 0.2) is 53.4 Å². The summed E-state index contributed by atoms with van der Waals surface area (Å²) in [4.78, 5) is 40.4. The van der Waals surface area contributed by atoms with Crippen LogP contribution >= 0.6 is 24.0 Å². The minimum atomic E-state index is -1.01. The van der Waals surface area contributed by atoms with Gasteiger partial charge in [0, 0.05) is 12.1 Å². The van der Waals surface area contributed by atoms with Crippen molar-refractivity contribution in [2.45, 2.75) is 19.9 Å². The normalized spacial score (nSPS) is 18.4. The smallest absolute Gasteiger partial charge is 0.305 e. The summed E-state index contributed by atoms with van der Waals surface area (Å²) in [5, 5.41) is 8.93. The van der Waals surface area contributed by atoms with Crippen molar-refractivity contribution < 1.29 is 19.5 Å². The van der Waals surface area contributed by atoms with Gasteiger partial charge in [0.15, 0.2) is 0 Å². The fourth-order valence-electron chi connectivity index (χ4n) is 3.48. The number of aliphatic carboxylic acids is 1. The lowest BCUT2D eigenvalue weighted by Gasteiger charge is -2.17. The van der Waals surface area contributed by atoms with Crippen LogP contribution in [0.4, 0.5) is 5.69 Å². The second-order valence-electron chi connectivity index (χ2n) is 7.07. The van der Waals surface area contributed by atoms with Crippen LogP contribution in [-0.4, -0.2) is 38.7 Å². The van der Waals surface area contributed by atoms with Crippen LogP contribution in [0.3, 0.4) is 0 Å². The van der Waals surface area contributed by atoms with Gasteiger partial charge in [0.05, 0.1) is 29.1 Å². The van der Waals surface area contributed by atoms with Crippen LogP contribution in [-0.2, 0) is 20.9 Å². The van der Waals surface area contributed by atoms with Gasteiger partial charge >= 0.3 is 5.97 Å². The lowest BCUT2D eigenvalue weighted by atomic mass is 10.1. The summed E-state index contributed by atoms with van der Waals surface area (Å²) < 4.78 is 0.269. The number of thiocarbonyl (C=S) groups is 1. The molecule has 2 amide bonds. The Bertz CT molecular complexity index is 1110. The first-order valence-electron chi connectivity index (χ1n) is 9.33. The van der Waals surface area contributed by atoms with Crippen molar-refractivity contribution in [3.8, 4) is 0 Å². The molecule has 0 spiro atoms. The molecule has 1 saturated heterocycles. The van der Waals surface area contributed by atoms with Gasteiger partial charge in [0.2, 0.25) is 0 Å². The van der Waals surface area contributed by atoms with E-state index in [1.165, 1.54) is 4.90 Å². The number of nitrogens with zero attached hydrogens (tertiary/aromatic N) is 2. The molecule has 2 aliphatic rings. The second-order valence-corrected chi connectivity index (χ2v) is 8.71. The average molecular weight is 439 g/mol. The van der Waals surface area contributed by atoms with Crippen LogP contribution < -0.4 is 4.90 Å². The minimum absolute atomic E-state index is 0.0142. The number of amides is 2. The maximum Gasteiger partial charge on any atom is 0.305 e. The van der Waals surface area contributed by atoms with E-state index < -0.39 is 11.9 Å². The molecule has 8 heteroatoms. The standard InChI is InChI=1S/C22H18N2O4S2/c1-13-6-8-14(9-7-13)12-24-16-5-3-2-4-15(16)18(20(24)27)19-21(28)23(22(29)30-19)11-10-17(25)26/h2-9H,10-12H2,1H3,(H,25,26)/b19-18-. The number of para-hydroxylation sites is 1. The third-order valence-electron chi connectivity index (χ3n) is 5.01. The summed E-state index contributed by atoms with van der Waals surface area (Å²) in [5.41, 5.74) is 3.88. The van der Waals surface area contributed by atoms with Crippen molar-refractivity contribution in [1.82, 2.24) is 4.90 Å². The Balaban J connectivity index is 1.71. The number of benzene rings is 2. The third-order valence-corrected chi connectivity index (χ3v) is 6.46. The zero-order valence-corrected chi connectivity index (χ0v) is 17.8. The number of rotatable bonds is 5. The predicted molar refractivity (Wildman–Crippen MR) is 120 cm³/mol. The minimum Gasteiger partial charge on any atom is -0.481 e. The molecule has 0 bridgehead atoms. The number of aryl methyl sites for hydroxylation is 1. The van der Waals surface area contributed by atoms with Gasteiger partial charge in [0.25, 0.3) is 11.8 Å². The number of hydrogen-bond donors (Lipinski definition) is 1. The summed E-state index contributed by atoms with van der Waals surface area (Å²) >= 11 is 6.34. The van der Waals surface area contributed by atoms with Gasteiger partial charge in [-0.2, -0.15) is 0 Å². The second kappa shape index (κ2) is 8.04. The van der Waals surface area contributed by atoms with E-state index in [1.807, 2.05) is 55.5 Å². The lowest BCUT2D eigenvalue weighted by Crippen LogP contribution is -2.31. The molecule has 0 aromatic heterocycles. The molecule has 1 fully saturated rings. The Hall–Kier alpha value is -2.97. The number of hydrogen-bond acceptors (Lipinski definition) is 5. The predicted octanol–water partition coefficient (Wildman–Crippen LogP) is 3.59. The van der Waals surface area contributed by atoms with E-state index in [1.54, 1.807) is 4.90 Å². The van der Waals surface area contributed by atoms with Crippen LogP contribution in [0, 0.1) is 6.92 Å². The Labute approximate surface area is 183 Å². The van der Waals surface area contributed by atoms with Crippen molar-refractivity contribution in [2.75, 3.05) is 11.4 Å². The molecular formula is C22H18N2O4S2. The van der Waals surface area contributed by atoms with E-state index in [9.17, 15) is 14.4 Å².